The van der Waals surface area contributed by atoms with E-state index in [9.17, 15) is 4.79 Å². The molecule has 0 fully saturated rings. The quantitative estimate of drug-likeness (QED) is 0.853. The first-order valence-electron chi connectivity index (χ1n) is 5.13. The Morgan fingerprint density at radius 1 is 1.25 bits per heavy atom. The van der Waals surface area contributed by atoms with Crippen LogP contribution in [0.15, 0.2) is 47.1 Å². The molecule has 1 heterocycles. The summed E-state index contributed by atoms with van der Waals surface area (Å²) >= 11 is 0. The lowest BCUT2D eigenvalue weighted by atomic mass is 10.1. The highest BCUT2D eigenvalue weighted by molar-refractivity contribution is 5.78. The van der Waals surface area contributed by atoms with Gasteiger partial charge in [-0.25, -0.2) is 0 Å². The Labute approximate surface area is 94.1 Å². The van der Waals surface area contributed by atoms with Gasteiger partial charge in [-0.2, -0.15) is 0 Å². The molecule has 0 spiro atoms. The van der Waals surface area contributed by atoms with E-state index in [-0.39, 0.29) is 5.91 Å². The number of likely N-dealkylation sites (N-methyl/N-ethyl adjacent to an activating group) is 1. The Hall–Kier alpha value is -2.03. The maximum atomic E-state index is 11.2. The predicted octanol–water partition coefficient (Wildman–Crippen LogP) is 2.24. The van der Waals surface area contributed by atoms with Crippen LogP contribution in [0.5, 0.6) is 0 Å². The molecule has 0 saturated heterocycles. The average Bonchev–Trinajstić information content (AvgIpc) is 2.83. The van der Waals surface area contributed by atoms with Gasteiger partial charge in [-0.15, -0.1) is 0 Å². The molecule has 0 atom stereocenters. The van der Waals surface area contributed by atoms with Gasteiger partial charge in [0.2, 0.25) is 5.91 Å². The van der Waals surface area contributed by atoms with Crippen molar-refractivity contribution in [1.82, 2.24) is 5.32 Å². The lowest BCUT2D eigenvalue weighted by Crippen LogP contribution is -2.19. The van der Waals surface area contributed by atoms with Crippen LogP contribution >= 0.6 is 0 Å². The predicted molar refractivity (Wildman–Crippen MR) is 61.9 cm³/mol. The van der Waals surface area contributed by atoms with Crippen LogP contribution in [0.4, 0.5) is 0 Å². The monoisotopic (exact) mass is 215 g/mol. The normalized spacial score (nSPS) is 10.1. The summed E-state index contributed by atoms with van der Waals surface area (Å²) in [7, 11) is 1.64. The van der Waals surface area contributed by atoms with Crippen LogP contribution in [0, 0.1) is 0 Å². The minimum absolute atomic E-state index is 0.0192. The van der Waals surface area contributed by atoms with E-state index in [1.165, 1.54) is 0 Å². The SMILES string of the molecule is CNC(=O)Cc1ccc(-c2ccco2)cc1. The lowest BCUT2D eigenvalue weighted by molar-refractivity contribution is -0.119. The van der Waals surface area contributed by atoms with Gasteiger partial charge in [0.1, 0.15) is 5.76 Å². The number of rotatable bonds is 3. The van der Waals surface area contributed by atoms with Crippen LogP contribution in [0.1, 0.15) is 5.56 Å². The third-order valence-electron chi connectivity index (χ3n) is 2.40. The zero-order valence-corrected chi connectivity index (χ0v) is 9.07. The molecule has 0 aliphatic heterocycles. The molecule has 1 aromatic carbocycles. The second-order valence-electron chi connectivity index (χ2n) is 3.52. The van der Waals surface area contributed by atoms with Gasteiger partial charge < -0.3 is 9.73 Å². The summed E-state index contributed by atoms with van der Waals surface area (Å²) in [4.78, 5) is 11.2. The van der Waals surface area contributed by atoms with Crippen molar-refractivity contribution in [2.75, 3.05) is 7.05 Å². The van der Waals surface area contributed by atoms with Crippen LogP contribution in [0.25, 0.3) is 11.3 Å². The van der Waals surface area contributed by atoms with E-state index in [2.05, 4.69) is 5.32 Å². The summed E-state index contributed by atoms with van der Waals surface area (Å²) < 4.78 is 5.28. The van der Waals surface area contributed by atoms with Gasteiger partial charge in [-0.05, 0) is 17.7 Å². The molecular formula is C13H13NO2. The van der Waals surface area contributed by atoms with E-state index in [1.54, 1.807) is 13.3 Å². The first-order chi connectivity index (χ1) is 7.79. The molecule has 0 bridgehead atoms. The Balaban J connectivity index is 2.14. The van der Waals surface area contributed by atoms with Crippen molar-refractivity contribution in [3.63, 3.8) is 0 Å². The van der Waals surface area contributed by atoms with Crippen LogP contribution in [0.2, 0.25) is 0 Å². The number of hydrogen-bond donors (Lipinski definition) is 1. The summed E-state index contributed by atoms with van der Waals surface area (Å²) in [5, 5.41) is 2.60. The highest BCUT2D eigenvalue weighted by Gasteiger charge is 2.03. The number of carbonyl (C=O) groups is 1. The molecule has 1 aromatic heterocycles. The van der Waals surface area contributed by atoms with Gasteiger partial charge in [-0.1, -0.05) is 24.3 Å². The summed E-state index contributed by atoms with van der Waals surface area (Å²) in [6, 6.07) is 11.6. The number of benzene rings is 1. The molecule has 0 saturated carbocycles. The Morgan fingerprint density at radius 2 is 2.00 bits per heavy atom. The summed E-state index contributed by atoms with van der Waals surface area (Å²) in [5.74, 6) is 0.859. The molecule has 16 heavy (non-hydrogen) atoms. The Kier molecular flexibility index (Phi) is 3.05. The van der Waals surface area contributed by atoms with E-state index >= 15 is 0 Å². The van der Waals surface area contributed by atoms with Crippen LogP contribution < -0.4 is 5.32 Å². The van der Waals surface area contributed by atoms with Crippen molar-refractivity contribution in [2.24, 2.45) is 0 Å². The van der Waals surface area contributed by atoms with Gasteiger partial charge in [-0.3, -0.25) is 4.79 Å². The Morgan fingerprint density at radius 3 is 2.56 bits per heavy atom. The minimum atomic E-state index is 0.0192. The topological polar surface area (TPSA) is 42.2 Å². The molecule has 82 valence electrons. The first kappa shape index (κ1) is 10.5. The van der Waals surface area contributed by atoms with Crippen LogP contribution in [-0.2, 0) is 11.2 Å². The Bertz CT molecular complexity index is 457. The van der Waals surface area contributed by atoms with Gasteiger partial charge in [0.05, 0.1) is 12.7 Å². The number of hydrogen-bond acceptors (Lipinski definition) is 2. The summed E-state index contributed by atoms with van der Waals surface area (Å²) in [6.45, 7) is 0. The zero-order valence-electron chi connectivity index (χ0n) is 9.07. The van der Waals surface area contributed by atoms with Crippen LogP contribution in [0.3, 0.4) is 0 Å². The molecule has 0 radical (unpaired) electrons. The fourth-order valence-electron chi connectivity index (χ4n) is 1.50. The third-order valence-corrected chi connectivity index (χ3v) is 2.40. The maximum absolute atomic E-state index is 11.2. The number of furan rings is 1. The van der Waals surface area contributed by atoms with Crippen molar-refractivity contribution in [2.45, 2.75) is 6.42 Å². The van der Waals surface area contributed by atoms with Crippen molar-refractivity contribution < 1.29 is 9.21 Å². The van der Waals surface area contributed by atoms with Crippen molar-refractivity contribution in [1.29, 1.82) is 0 Å². The molecule has 3 nitrogen and oxygen atoms in total. The molecule has 1 N–H and O–H groups in total. The van der Waals surface area contributed by atoms with Crippen molar-refractivity contribution >= 4 is 5.91 Å². The van der Waals surface area contributed by atoms with E-state index in [4.69, 9.17) is 4.42 Å². The van der Waals surface area contributed by atoms with E-state index < -0.39 is 0 Å². The first-order valence-corrected chi connectivity index (χ1v) is 5.13. The molecule has 1 amide bonds. The molecular weight excluding hydrogens is 202 g/mol. The van der Waals surface area contributed by atoms with E-state index in [1.807, 2.05) is 36.4 Å². The maximum Gasteiger partial charge on any atom is 0.224 e. The molecule has 2 rings (SSSR count). The average molecular weight is 215 g/mol. The number of amides is 1. The third kappa shape index (κ3) is 2.31. The molecule has 3 heteroatoms. The summed E-state index contributed by atoms with van der Waals surface area (Å²) in [5.41, 5.74) is 2.01. The van der Waals surface area contributed by atoms with Crippen molar-refractivity contribution in [3.8, 4) is 11.3 Å². The highest BCUT2D eigenvalue weighted by Crippen LogP contribution is 2.20. The fourth-order valence-corrected chi connectivity index (χ4v) is 1.50. The molecule has 0 unspecified atom stereocenters. The van der Waals surface area contributed by atoms with Gasteiger partial charge >= 0.3 is 0 Å². The lowest BCUT2D eigenvalue weighted by Gasteiger charge is -2.01. The molecule has 2 aromatic rings. The zero-order chi connectivity index (χ0) is 11.4. The second kappa shape index (κ2) is 4.66. The molecule has 0 aliphatic carbocycles. The largest absolute Gasteiger partial charge is 0.464 e. The van der Waals surface area contributed by atoms with Crippen LogP contribution in [-0.4, -0.2) is 13.0 Å². The van der Waals surface area contributed by atoms with Gasteiger partial charge in [0, 0.05) is 12.6 Å². The smallest absolute Gasteiger partial charge is 0.224 e. The minimum Gasteiger partial charge on any atom is -0.464 e. The highest BCUT2D eigenvalue weighted by atomic mass is 16.3. The second-order valence-corrected chi connectivity index (χ2v) is 3.52. The number of carbonyl (C=O) groups excluding carboxylic acids is 1. The van der Waals surface area contributed by atoms with Gasteiger partial charge in [0.15, 0.2) is 0 Å². The van der Waals surface area contributed by atoms with Crippen molar-refractivity contribution in [3.05, 3.63) is 48.2 Å². The van der Waals surface area contributed by atoms with E-state index in [0.717, 1.165) is 16.9 Å². The molecule has 0 aliphatic rings. The standard InChI is InChI=1S/C13H13NO2/c1-14-13(15)9-10-4-6-11(7-5-10)12-3-2-8-16-12/h2-8H,9H2,1H3,(H,14,15). The number of nitrogens with one attached hydrogen (secondary N) is 1. The fraction of sp³-hybridized carbons (Fsp3) is 0.154. The van der Waals surface area contributed by atoms with E-state index in [0.29, 0.717) is 6.42 Å². The van der Waals surface area contributed by atoms with Gasteiger partial charge in [0.25, 0.3) is 0 Å². The summed E-state index contributed by atoms with van der Waals surface area (Å²) in [6.07, 6.45) is 2.06.